The van der Waals surface area contributed by atoms with Gasteiger partial charge in [-0.2, -0.15) is 0 Å². The average molecular weight is 341 g/mol. The van der Waals surface area contributed by atoms with Gasteiger partial charge in [0.25, 0.3) is 0 Å². The van der Waals surface area contributed by atoms with Crippen LogP contribution in [0, 0.1) is 0 Å². The first kappa shape index (κ1) is 13.1. The zero-order valence-electron chi connectivity index (χ0n) is 10.5. The zero-order chi connectivity index (χ0) is 13.5. The second-order valence-corrected chi connectivity index (χ2v) is 6.27. The van der Waals surface area contributed by atoms with Gasteiger partial charge in [-0.25, -0.2) is 9.97 Å². The lowest BCUT2D eigenvalue weighted by atomic mass is 9.98. The number of Topliss-reactive ketones (excluding diaryl/α,β-unsaturated/α-hetero) is 1. The maximum Gasteiger partial charge on any atom is 0.217 e. The molecular formula is C13H13BrN2O2S. The standard InChI is InChI=1S/C13H13BrN2O2S/c1-19-12-15-7-4-8(16-12)10-9(14)11(17)13(18-10)5-2-3-6-13/h4,7H,2-3,5-6H2,1H3. The van der Waals surface area contributed by atoms with Gasteiger partial charge in [0, 0.05) is 6.20 Å². The number of carbonyl (C=O) groups excluding carboxylic acids is 1. The minimum Gasteiger partial charge on any atom is -0.475 e. The Kier molecular flexibility index (Phi) is 3.39. The van der Waals surface area contributed by atoms with E-state index in [-0.39, 0.29) is 5.78 Å². The van der Waals surface area contributed by atoms with Crippen LogP contribution < -0.4 is 0 Å². The molecule has 19 heavy (non-hydrogen) atoms. The van der Waals surface area contributed by atoms with Crippen molar-refractivity contribution in [1.29, 1.82) is 0 Å². The first-order valence-corrected chi connectivity index (χ1v) is 8.19. The number of halogens is 1. The highest BCUT2D eigenvalue weighted by molar-refractivity contribution is 9.12. The van der Waals surface area contributed by atoms with Crippen LogP contribution >= 0.6 is 27.7 Å². The molecule has 1 aromatic heterocycles. The lowest BCUT2D eigenvalue weighted by Crippen LogP contribution is -2.33. The predicted molar refractivity (Wildman–Crippen MR) is 77.0 cm³/mol. The summed E-state index contributed by atoms with van der Waals surface area (Å²) < 4.78 is 6.52. The lowest BCUT2D eigenvalue weighted by Gasteiger charge is -2.22. The maximum atomic E-state index is 12.4. The summed E-state index contributed by atoms with van der Waals surface area (Å²) in [6.07, 6.45) is 7.28. The van der Waals surface area contributed by atoms with Crippen molar-refractivity contribution in [2.75, 3.05) is 6.26 Å². The highest BCUT2D eigenvalue weighted by atomic mass is 79.9. The summed E-state index contributed by atoms with van der Waals surface area (Å²) in [5, 5.41) is 0.675. The Bertz CT molecular complexity index is 568. The van der Waals surface area contributed by atoms with Gasteiger partial charge in [0.15, 0.2) is 16.5 Å². The SMILES string of the molecule is CSc1nccc(C2=C(Br)C(=O)C3(CCCC3)O2)n1. The Morgan fingerprint density at radius 2 is 2.16 bits per heavy atom. The van der Waals surface area contributed by atoms with Gasteiger partial charge in [0.1, 0.15) is 10.2 Å². The third-order valence-corrected chi connectivity index (χ3v) is 4.85. The smallest absolute Gasteiger partial charge is 0.217 e. The largest absolute Gasteiger partial charge is 0.475 e. The summed E-state index contributed by atoms with van der Waals surface area (Å²) in [5.74, 6) is 0.619. The lowest BCUT2D eigenvalue weighted by molar-refractivity contribution is -0.128. The van der Waals surface area contributed by atoms with E-state index >= 15 is 0 Å². The average Bonchev–Trinajstić information content (AvgIpc) is 3.01. The first-order valence-electron chi connectivity index (χ1n) is 6.17. The van der Waals surface area contributed by atoms with Crippen LogP contribution in [0.4, 0.5) is 0 Å². The second kappa shape index (κ2) is 4.90. The molecule has 0 bridgehead atoms. The van der Waals surface area contributed by atoms with E-state index in [0.717, 1.165) is 25.7 Å². The molecule has 4 nitrogen and oxygen atoms in total. The molecule has 0 N–H and O–H groups in total. The molecule has 0 saturated heterocycles. The van der Waals surface area contributed by atoms with Crippen molar-refractivity contribution in [3.05, 3.63) is 22.4 Å². The van der Waals surface area contributed by atoms with Gasteiger partial charge >= 0.3 is 0 Å². The quantitative estimate of drug-likeness (QED) is 0.611. The van der Waals surface area contributed by atoms with E-state index in [9.17, 15) is 4.79 Å². The molecule has 0 unspecified atom stereocenters. The molecule has 3 rings (SSSR count). The highest BCUT2D eigenvalue weighted by Crippen LogP contribution is 2.47. The molecule has 1 spiro atoms. The maximum absolute atomic E-state index is 12.4. The molecule has 6 heteroatoms. The van der Waals surface area contributed by atoms with Crippen LogP contribution in [0.1, 0.15) is 31.4 Å². The summed E-state index contributed by atoms with van der Waals surface area (Å²) >= 11 is 4.84. The van der Waals surface area contributed by atoms with Crippen LogP contribution in [0.15, 0.2) is 21.9 Å². The van der Waals surface area contributed by atoms with Crippen LogP contribution in [0.25, 0.3) is 5.76 Å². The molecule has 100 valence electrons. The summed E-state index contributed by atoms with van der Waals surface area (Å²) in [7, 11) is 0. The normalized spacial score (nSPS) is 21.3. The molecule has 1 saturated carbocycles. The number of nitrogens with zero attached hydrogens (tertiary/aromatic N) is 2. The number of ketones is 1. The number of carbonyl (C=O) groups is 1. The van der Waals surface area contributed by atoms with E-state index in [2.05, 4.69) is 25.9 Å². The predicted octanol–water partition coefficient (Wildman–Crippen LogP) is 3.17. The number of ether oxygens (including phenoxy) is 1. The molecule has 1 aliphatic carbocycles. The minimum absolute atomic E-state index is 0.0595. The van der Waals surface area contributed by atoms with Gasteiger partial charge < -0.3 is 4.74 Å². The Balaban J connectivity index is 1.98. The van der Waals surface area contributed by atoms with E-state index in [1.165, 1.54) is 11.8 Å². The van der Waals surface area contributed by atoms with E-state index < -0.39 is 5.60 Å². The molecule has 1 fully saturated rings. The van der Waals surface area contributed by atoms with Crippen molar-refractivity contribution < 1.29 is 9.53 Å². The summed E-state index contributed by atoms with van der Waals surface area (Å²) in [5.41, 5.74) is 0.0295. The monoisotopic (exact) mass is 340 g/mol. The van der Waals surface area contributed by atoms with E-state index in [4.69, 9.17) is 4.74 Å². The van der Waals surface area contributed by atoms with Gasteiger partial charge in [-0.3, -0.25) is 4.79 Å². The molecule has 2 aliphatic rings. The molecule has 0 amide bonds. The summed E-state index contributed by atoms with van der Waals surface area (Å²) in [4.78, 5) is 20.9. The van der Waals surface area contributed by atoms with Crippen molar-refractivity contribution in [2.45, 2.75) is 36.4 Å². The van der Waals surface area contributed by atoms with Gasteiger partial charge in [0.05, 0.1) is 0 Å². The molecule has 0 radical (unpaired) electrons. The fourth-order valence-electron chi connectivity index (χ4n) is 2.60. The molecule has 1 aromatic rings. The minimum atomic E-state index is -0.640. The first-order chi connectivity index (χ1) is 9.16. The van der Waals surface area contributed by atoms with Gasteiger partial charge in [0.2, 0.25) is 5.78 Å². The van der Waals surface area contributed by atoms with Gasteiger partial charge in [-0.05, 0) is 53.9 Å². The van der Waals surface area contributed by atoms with E-state index in [0.29, 0.717) is 21.1 Å². The molecule has 2 heterocycles. The third-order valence-electron chi connectivity index (χ3n) is 3.57. The van der Waals surface area contributed by atoms with Crippen LogP contribution in [0.5, 0.6) is 0 Å². The molecule has 1 aliphatic heterocycles. The van der Waals surface area contributed by atoms with E-state index in [1.807, 2.05) is 6.26 Å². The fourth-order valence-corrected chi connectivity index (χ4v) is 3.60. The zero-order valence-corrected chi connectivity index (χ0v) is 12.9. The van der Waals surface area contributed by atoms with Crippen molar-refractivity contribution in [3.63, 3.8) is 0 Å². The van der Waals surface area contributed by atoms with Gasteiger partial charge in [-0.15, -0.1) is 0 Å². The third kappa shape index (κ3) is 2.10. The molecular weight excluding hydrogens is 328 g/mol. The molecule has 0 aromatic carbocycles. The Morgan fingerprint density at radius 3 is 2.84 bits per heavy atom. The van der Waals surface area contributed by atoms with Crippen molar-refractivity contribution in [2.24, 2.45) is 0 Å². The van der Waals surface area contributed by atoms with E-state index in [1.54, 1.807) is 12.3 Å². The van der Waals surface area contributed by atoms with Crippen LogP contribution in [-0.2, 0) is 9.53 Å². The van der Waals surface area contributed by atoms with Crippen LogP contribution in [0.2, 0.25) is 0 Å². The Labute approximate surface area is 124 Å². The van der Waals surface area contributed by atoms with Crippen molar-refractivity contribution in [1.82, 2.24) is 9.97 Å². The van der Waals surface area contributed by atoms with Crippen molar-refractivity contribution >= 4 is 39.2 Å². The number of thioether (sulfide) groups is 1. The Morgan fingerprint density at radius 1 is 1.42 bits per heavy atom. The van der Waals surface area contributed by atoms with Crippen molar-refractivity contribution in [3.8, 4) is 0 Å². The second-order valence-electron chi connectivity index (χ2n) is 4.70. The highest BCUT2D eigenvalue weighted by Gasteiger charge is 2.50. The number of hydrogen-bond donors (Lipinski definition) is 0. The van der Waals surface area contributed by atoms with Crippen LogP contribution in [0.3, 0.4) is 0 Å². The number of hydrogen-bond acceptors (Lipinski definition) is 5. The van der Waals surface area contributed by atoms with Crippen LogP contribution in [-0.4, -0.2) is 27.6 Å². The summed E-state index contributed by atoms with van der Waals surface area (Å²) in [6, 6.07) is 1.78. The number of rotatable bonds is 2. The number of aromatic nitrogens is 2. The molecule has 0 atom stereocenters. The fraction of sp³-hybridized carbons (Fsp3) is 0.462. The topological polar surface area (TPSA) is 52.1 Å². The summed E-state index contributed by atoms with van der Waals surface area (Å²) in [6.45, 7) is 0. The van der Waals surface area contributed by atoms with Gasteiger partial charge in [-0.1, -0.05) is 11.8 Å². The Hall–Kier alpha value is -0.880.